The van der Waals surface area contributed by atoms with Crippen LogP contribution in [0.4, 0.5) is 5.69 Å². The van der Waals surface area contributed by atoms with Gasteiger partial charge in [0.1, 0.15) is 5.52 Å². The maximum absolute atomic E-state index is 6.70. The van der Waals surface area contributed by atoms with Gasteiger partial charge in [0.05, 0.1) is 16.7 Å². The molecule has 5 heteroatoms. The topological polar surface area (TPSA) is 55.4 Å². The average molecular weight is 693 g/mol. The molecule has 0 fully saturated rings. The van der Waals surface area contributed by atoms with E-state index in [9.17, 15) is 0 Å². The number of fused-ring (bicyclic) bond motifs is 7. The van der Waals surface area contributed by atoms with Crippen molar-refractivity contribution >= 4 is 55.1 Å². The van der Waals surface area contributed by atoms with Gasteiger partial charge in [0.25, 0.3) is 0 Å². The molecule has 0 saturated heterocycles. The minimum Gasteiger partial charge on any atom is -0.434 e. The SMILES string of the molecule is c1ccc(-c2ccc3c(c2)c2ccc4nc(-c5ccccc5)oc4c2n3C2N=C(c3ccc(-c4cccc5ccccc45)cc3)c3ccccc3N2)cc1. The Balaban J connectivity index is 1.12. The van der Waals surface area contributed by atoms with E-state index in [-0.39, 0.29) is 0 Å². The number of rotatable bonds is 5. The van der Waals surface area contributed by atoms with Crippen LogP contribution < -0.4 is 5.32 Å². The molecule has 11 rings (SSSR count). The summed E-state index contributed by atoms with van der Waals surface area (Å²) in [7, 11) is 0. The summed E-state index contributed by atoms with van der Waals surface area (Å²) in [5.74, 6) is 0.595. The standard InChI is InChI=1S/C49H32N4O/c1-3-12-31(13-4-1)36-26-29-44-41(30-36)39-27-28-43-47(54-48(50-43)35-15-5-2-6-16-35)46(39)53(44)49-51-42-21-10-9-19-40(42)45(52-49)34-24-22-33(23-25-34)38-20-11-17-32-14-7-8-18-37(32)38/h1-30,49,51H. The number of aliphatic imine (C=N–C) groups is 1. The molecule has 254 valence electrons. The number of nitrogens with zero attached hydrogens (tertiary/aromatic N) is 3. The highest BCUT2D eigenvalue weighted by molar-refractivity contribution is 6.19. The van der Waals surface area contributed by atoms with E-state index in [0.29, 0.717) is 5.89 Å². The molecule has 0 spiro atoms. The molecule has 0 aliphatic carbocycles. The molecule has 1 atom stereocenters. The third kappa shape index (κ3) is 4.86. The van der Waals surface area contributed by atoms with Gasteiger partial charge >= 0.3 is 0 Å². The Bertz CT molecular complexity index is 3020. The lowest BCUT2D eigenvalue weighted by Crippen LogP contribution is -2.24. The molecule has 8 aromatic carbocycles. The largest absolute Gasteiger partial charge is 0.434 e. The highest BCUT2D eigenvalue weighted by atomic mass is 16.3. The highest BCUT2D eigenvalue weighted by Gasteiger charge is 2.28. The molecule has 0 bridgehead atoms. The van der Waals surface area contributed by atoms with Crippen molar-refractivity contribution < 1.29 is 4.42 Å². The number of nitrogens with one attached hydrogen (secondary N) is 1. The third-order valence-corrected chi connectivity index (χ3v) is 10.7. The summed E-state index contributed by atoms with van der Waals surface area (Å²) in [4.78, 5) is 10.5. The summed E-state index contributed by atoms with van der Waals surface area (Å²) < 4.78 is 9.00. The zero-order valence-electron chi connectivity index (χ0n) is 29.1. The van der Waals surface area contributed by atoms with E-state index in [0.717, 1.165) is 66.6 Å². The average Bonchev–Trinajstić information content (AvgIpc) is 3.83. The fraction of sp³-hybridized carbons (Fsp3) is 0.0204. The van der Waals surface area contributed by atoms with Crippen molar-refractivity contribution in [1.82, 2.24) is 9.55 Å². The van der Waals surface area contributed by atoms with Gasteiger partial charge in [-0.2, -0.15) is 0 Å². The van der Waals surface area contributed by atoms with Crippen molar-refractivity contribution in [1.29, 1.82) is 0 Å². The molecular weight excluding hydrogens is 661 g/mol. The van der Waals surface area contributed by atoms with Gasteiger partial charge in [0.15, 0.2) is 5.58 Å². The summed E-state index contributed by atoms with van der Waals surface area (Å²) in [5.41, 5.74) is 13.3. The second kappa shape index (κ2) is 12.2. The Kier molecular flexibility index (Phi) is 6.85. The maximum atomic E-state index is 6.70. The second-order valence-corrected chi connectivity index (χ2v) is 13.8. The smallest absolute Gasteiger partial charge is 0.227 e. The zero-order valence-corrected chi connectivity index (χ0v) is 29.1. The molecule has 1 aliphatic rings. The summed E-state index contributed by atoms with van der Waals surface area (Å²) in [6.07, 6.45) is -0.467. The van der Waals surface area contributed by atoms with Crippen LogP contribution in [-0.4, -0.2) is 15.3 Å². The Labute approximate surface area is 311 Å². The molecular formula is C49H32N4O. The van der Waals surface area contributed by atoms with Crippen molar-refractivity contribution in [3.05, 3.63) is 193 Å². The Morgan fingerprint density at radius 1 is 0.500 bits per heavy atom. The molecule has 54 heavy (non-hydrogen) atoms. The number of para-hydroxylation sites is 1. The monoisotopic (exact) mass is 692 g/mol. The summed E-state index contributed by atoms with van der Waals surface area (Å²) >= 11 is 0. The molecule has 5 nitrogen and oxygen atoms in total. The Hall–Kier alpha value is -7.24. The van der Waals surface area contributed by atoms with Crippen LogP contribution in [0.5, 0.6) is 0 Å². The van der Waals surface area contributed by atoms with Crippen LogP contribution in [0.25, 0.3) is 77.4 Å². The number of anilines is 1. The lowest BCUT2D eigenvalue weighted by atomic mass is 9.94. The molecule has 3 heterocycles. The van der Waals surface area contributed by atoms with Gasteiger partial charge in [-0.1, -0.05) is 140 Å². The van der Waals surface area contributed by atoms with Gasteiger partial charge in [0, 0.05) is 33.2 Å². The first-order valence-electron chi connectivity index (χ1n) is 18.3. The Morgan fingerprint density at radius 2 is 1.19 bits per heavy atom. The number of hydrogen-bond acceptors (Lipinski definition) is 4. The van der Waals surface area contributed by atoms with Gasteiger partial charge in [-0.05, 0) is 75.5 Å². The number of benzene rings is 8. The lowest BCUT2D eigenvalue weighted by Gasteiger charge is -2.28. The van der Waals surface area contributed by atoms with E-state index < -0.39 is 6.29 Å². The minimum atomic E-state index is -0.467. The van der Waals surface area contributed by atoms with Crippen molar-refractivity contribution in [3.8, 4) is 33.7 Å². The third-order valence-electron chi connectivity index (χ3n) is 10.7. The zero-order chi connectivity index (χ0) is 35.6. The first kappa shape index (κ1) is 30.4. The summed E-state index contributed by atoms with van der Waals surface area (Å²) in [6, 6.07) is 63.9. The van der Waals surface area contributed by atoms with E-state index in [1.165, 1.54) is 27.5 Å². The van der Waals surface area contributed by atoms with Crippen LogP contribution in [0.15, 0.2) is 191 Å². The fourth-order valence-corrected chi connectivity index (χ4v) is 8.10. The van der Waals surface area contributed by atoms with E-state index in [4.69, 9.17) is 14.4 Å². The lowest BCUT2D eigenvalue weighted by molar-refractivity contribution is 0.603. The number of aromatic nitrogens is 2. The second-order valence-electron chi connectivity index (χ2n) is 13.8. The molecule has 0 amide bonds. The van der Waals surface area contributed by atoms with Crippen LogP contribution in [0.2, 0.25) is 0 Å². The normalized spacial score (nSPS) is 14.0. The summed E-state index contributed by atoms with van der Waals surface area (Å²) in [5, 5.41) is 8.49. The predicted octanol–water partition coefficient (Wildman–Crippen LogP) is 12.5. The van der Waals surface area contributed by atoms with Crippen molar-refractivity contribution in [2.24, 2.45) is 4.99 Å². The van der Waals surface area contributed by atoms with Crippen LogP contribution in [0, 0.1) is 0 Å². The minimum absolute atomic E-state index is 0.467. The van der Waals surface area contributed by atoms with E-state index >= 15 is 0 Å². The molecule has 10 aromatic rings. The molecule has 0 saturated carbocycles. The van der Waals surface area contributed by atoms with E-state index in [1.807, 2.05) is 30.3 Å². The molecule has 1 aliphatic heterocycles. The van der Waals surface area contributed by atoms with Crippen molar-refractivity contribution in [2.45, 2.75) is 6.29 Å². The molecule has 0 radical (unpaired) electrons. The van der Waals surface area contributed by atoms with Gasteiger partial charge in [0.2, 0.25) is 12.2 Å². The van der Waals surface area contributed by atoms with Gasteiger partial charge in [-0.25, -0.2) is 9.98 Å². The Morgan fingerprint density at radius 3 is 2.04 bits per heavy atom. The van der Waals surface area contributed by atoms with Crippen LogP contribution in [0.1, 0.15) is 17.4 Å². The van der Waals surface area contributed by atoms with Crippen LogP contribution in [0.3, 0.4) is 0 Å². The number of oxazole rings is 1. The van der Waals surface area contributed by atoms with E-state index in [1.54, 1.807) is 0 Å². The van der Waals surface area contributed by atoms with E-state index in [2.05, 4.69) is 162 Å². The number of hydrogen-bond donors (Lipinski definition) is 1. The fourth-order valence-electron chi connectivity index (χ4n) is 8.10. The quantitative estimate of drug-likeness (QED) is 0.195. The summed E-state index contributed by atoms with van der Waals surface area (Å²) in [6.45, 7) is 0. The maximum Gasteiger partial charge on any atom is 0.227 e. The van der Waals surface area contributed by atoms with Crippen molar-refractivity contribution in [3.63, 3.8) is 0 Å². The molecule has 1 N–H and O–H groups in total. The van der Waals surface area contributed by atoms with Gasteiger partial charge in [-0.3, -0.25) is 4.57 Å². The molecule has 1 unspecified atom stereocenters. The van der Waals surface area contributed by atoms with Gasteiger partial charge in [-0.15, -0.1) is 0 Å². The van der Waals surface area contributed by atoms with Crippen LogP contribution >= 0.6 is 0 Å². The first-order valence-corrected chi connectivity index (χ1v) is 18.3. The molecule has 2 aromatic heterocycles. The highest BCUT2D eigenvalue weighted by Crippen LogP contribution is 2.42. The van der Waals surface area contributed by atoms with Crippen molar-refractivity contribution in [2.75, 3.05) is 5.32 Å². The van der Waals surface area contributed by atoms with Gasteiger partial charge < -0.3 is 9.73 Å². The predicted molar refractivity (Wildman–Crippen MR) is 222 cm³/mol. The van der Waals surface area contributed by atoms with Crippen LogP contribution in [-0.2, 0) is 0 Å². The first-order chi connectivity index (χ1) is 26.8.